The van der Waals surface area contributed by atoms with Gasteiger partial charge in [0, 0.05) is 36.8 Å². The number of hydrogen-bond acceptors (Lipinski definition) is 10. The van der Waals surface area contributed by atoms with Crippen molar-refractivity contribution in [1.29, 1.82) is 0 Å². The molecule has 42 heavy (non-hydrogen) atoms. The number of alkyl carbamates (subject to hydrolysis) is 1. The molecule has 0 aliphatic carbocycles. The van der Waals surface area contributed by atoms with Gasteiger partial charge in [-0.15, -0.1) is 0 Å². The Bertz CT molecular complexity index is 1540. The third-order valence-electron chi connectivity index (χ3n) is 5.90. The number of ether oxygens (including phenoxy) is 4. The van der Waals surface area contributed by atoms with E-state index < -0.39 is 33.5 Å². The smallest absolute Gasteiger partial charge is 0.407 e. The Labute approximate surface area is 244 Å². The van der Waals surface area contributed by atoms with Gasteiger partial charge < -0.3 is 24.3 Å². The first-order valence-electron chi connectivity index (χ1n) is 13.0. The lowest BCUT2D eigenvalue weighted by Gasteiger charge is -2.21. The van der Waals surface area contributed by atoms with Gasteiger partial charge in [-0.05, 0) is 51.8 Å². The normalized spacial score (nSPS) is 11.6. The lowest BCUT2D eigenvalue weighted by atomic mass is 10.2. The summed E-state index contributed by atoms with van der Waals surface area (Å²) in [5.74, 6) is -1.29. The zero-order valence-electron chi connectivity index (χ0n) is 24.4. The number of benzene rings is 1. The largest absolute Gasteiger partial charge is 0.493 e. The summed E-state index contributed by atoms with van der Waals surface area (Å²) in [5.41, 5.74) is -0.0868. The number of sulfonamides is 1. The topological polar surface area (TPSA) is 146 Å². The Hall–Kier alpha value is -4.20. The van der Waals surface area contributed by atoms with E-state index in [1.165, 1.54) is 45.7 Å². The van der Waals surface area contributed by atoms with Gasteiger partial charge in [0.1, 0.15) is 22.7 Å². The van der Waals surface area contributed by atoms with Crippen LogP contribution in [0.15, 0.2) is 36.5 Å². The number of unbranched alkanes of at least 4 members (excludes halogenated alkanes) is 1. The summed E-state index contributed by atoms with van der Waals surface area (Å²) in [4.78, 5) is 32.9. The van der Waals surface area contributed by atoms with Gasteiger partial charge in [0.25, 0.3) is 0 Å². The second kappa shape index (κ2) is 13.6. The fourth-order valence-corrected chi connectivity index (χ4v) is 5.14. The van der Waals surface area contributed by atoms with E-state index in [2.05, 4.69) is 15.3 Å². The summed E-state index contributed by atoms with van der Waals surface area (Å²) >= 11 is 0. The number of aromatic nitrogens is 2. The number of rotatable bonds is 12. The predicted molar refractivity (Wildman–Crippen MR) is 154 cm³/mol. The Morgan fingerprint density at radius 3 is 2.52 bits per heavy atom. The summed E-state index contributed by atoms with van der Waals surface area (Å²) in [7, 11) is -0.0250. The fraction of sp³-hybridized carbons (Fsp3) is 0.429. The highest BCUT2D eigenvalue weighted by atomic mass is 32.2. The van der Waals surface area contributed by atoms with E-state index >= 15 is 0 Å². The molecule has 1 aromatic carbocycles. The highest BCUT2D eigenvalue weighted by molar-refractivity contribution is 7.92. The van der Waals surface area contributed by atoms with Crippen molar-refractivity contribution in [2.45, 2.75) is 45.8 Å². The molecule has 0 unspecified atom stereocenters. The average molecular weight is 607 g/mol. The number of amides is 1. The highest BCUT2D eigenvalue weighted by Gasteiger charge is 2.27. The lowest BCUT2D eigenvalue weighted by molar-refractivity contribution is 0.0521. The summed E-state index contributed by atoms with van der Waals surface area (Å²) in [6, 6.07) is 7.18. The molecule has 1 amide bonds. The van der Waals surface area contributed by atoms with Crippen LogP contribution in [0.1, 0.15) is 49.7 Å². The predicted octanol–water partition coefficient (Wildman–Crippen LogP) is 4.21. The molecule has 12 nitrogen and oxygen atoms in total. The van der Waals surface area contributed by atoms with Gasteiger partial charge in [-0.1, -0.05) is 6.07 Å². The van der Waals surface area contributed by atoms with Crippen molar-refractivity contribution in [3.05, 3.63) is 53.6 Å². The molecule has 0 bridgehead atoms. The van der Waals surface area contributed by atoms with E-state index in [4.69, 9.17) is 18.9 Å². The van der Waals surface area contributed by atoms with Crippen LogP contribution in [0, 0.1) is 5.82 Å². The zero-order valence-corrected chi connectivity index (χ0v) is 25.2. The van der Waals surface area contributed by atoms with E-state index in [-0.39, 0.29) is 53.9 Å². The number of halogens is 1. The highest BCUT2D eigenvalue weighted by Crippen LogP contribution is 2.34. The maximum Gasteiger partial charge on any atom is 0.407 e. The van der Waals surface area contributed by atoms with Gasteiger partial charge in [-0.25, -0.2) is 27.4 Å². The molecule has 1 N–H and O–H groups in total. The number of anilines is 1. The molecule has 0 spiro atoms. The Morgan fingerprint density at radius 1 is 1.12 bits per heavy atom. The molecular formula is C28H35FN4O8S. The van der Waals surface area contributed by atoms with Crippen LogP contribution in [0.3, 0.4) is 0 Å². The maximum atomic E-state index is 13.9. The first-order chi connectivity index (χ1) is 19.8. The molecule has 2 aromatic heterocycles. The standard InChI is InChI=1S/C28H35FN4O8S/c1-28(2,3)41-27(35)31-17-18-11-12-19(29)16-21(18)40-14-7-8-15-42(36,37)33(4)25-20-10-9-13-30-22(20)24(38-5)23(32-25)26(34)39-6/h9-13,16H,7-8,14-15,17H2,1-6H3,(H,31,35). The van der Waals surface area contributed by atoms with Crippen molar-refractivity contribution in [1.82, 2.24) is 15.3 Å². The van der Waals surface area contributed by atoms with Gasteiger partial charge in [-0.2, -0.15) is 0 Å². The number of esters is 1. The van der Waals surface area contributed by atoms with Gasteiger partial charge in [0.2, 0.25) is 10.0 Å². The number of nitrogens with zero attached hydrogens (tertiary/aromatic N) is 3. The molecular weight excluding hydrogens is 571 g/mol. The van der Waals surface area contributed by atoms with Crippen LogP contribution in [-0.2, 0) is 26.0 Å². The van der Waals surface area contributed by atoms with E-state index in [0.29, 0.717) is 17.4 Å². The van der Waals surface area contributed by atoms with Crippen molar-refractivity contribution < 1.29 is 41.3 Å². The Morgan fingerprint density at radius 2 is 1.86 bits per heavy atom. The third-order valence-corrected chi connectivity index (χ3v) is 7.71. The van der Waals surface area contributed by atoms with Gasteiger partial charge in [0.05, 0.1) is 26.6 Å². The molecule has 3 aromatic rings. The third kappa shape index (κ3) is 8.18. The summed E-state index contributed by atoms with van der Waals surface area (Å²) in [6.07, 6.45) is 1.40. The molecule has 0 aliphatic heterocycles. The van der Waals surface area contributed by atoms with Gasteiger partial charge in [0.15, 0.2) is 17.3 Å². The van der Waals surface area contributed by atoms with Crippen molar-refractivity contribution in [3.63, 3.8) is 0 Å². The first kappa shape index (κ1) is 32.3. The monoisotopic (exact) mass is 606 g/mol. The average Bonchev–Trinajstić information content (AvgIpc) is 2.93. The molecule has 0 atom stereocenters. The first-order valence-corrected chi connectivity index (χ1v) is 14.6. The molecule has 0 aliphatic rings. The second-order valence-electron chi connectivity index (χ2n) is 10.2. The SMILES string of the molecule is COC(=O)c1nc(N(C)S(=O)(=O)CCCCOc2cc(F)ccc2CNC(=O)OC(C)(C)C)c2cccnc2c1OC. The van der Waals surface area contributed by atoms with Crippen LogP contribution in [0.4, 0.5) is 15.0 Å². The number of fused-ring (bicyclic) bond motifs is 1. The number of carbonyl (C=O) groups excluding carboxylic acids is 2. The fourth-order valence-electron chi connectivity index (χ4n) is 3.89. The Kier molecular flexibility index (Phi) is 10.5. The molecule has 14 heteroatoms. The molecule has 0 radical (unpaired) electrons. The van der Waals surface area contributed by atoms with Gasteiger partial charge in [-0.3, -0.25) is 9.29 Å². The van der Waals surface area contributed by atoms with Crippen molar-refractivity contribution in [2.24, 2.45) is 0 Å². The van der Waals surface area contributed by atoms with Crippen molar-refractivity contribution >= 4 is 38.8 Å². The number of carbonyl (C=O) groups is 2. The van der Waals surface area contributed by atoms with Crippen molar-refractivity contribution in [2.75, 3.05) is 37.9 Å². The van der Waals surface area contributed by atoms with Gasteiger partial charge >= 0.3 is 12.1 Å². The minimum atomic E-state index is -3.89. The van der Waals surface area contributed by atoms with Crippen LogP contribution in [-0.4, -0.2) is 69.7 Å². The van der Waals surface area contributed by atoms with E-state index in [1.807, 2.05) is 0 Å². The summed E-state index contributed by atoms with van der Waals surface area (Å²) < 4.78 is 62.4. The summed E-state index contributed by atoms with van der Waals surface area (Å²) in [6.45, 7) is 5.37. The molecule has 3 rings (SSSR count). The number of nitrogens with one attached hydrogen (secondary N) is 1. The maximum absolute atomic E-state index is 13.9. The van der Waals surface area contributed by atoms with E-state index in [9.17, 15) is 22.4 Å². The molecule has 0 saturated heterocycles. The minimum absolute atomic E-state index is 0.00237. The number of methoxy groups -OCH3 is 2. The molecule has 0 fully saturated rings. The number of pyridine rings is 2. The molecule has 2 heterocycles. The van der Waals surface area contributed by atoms with Crippen LogP contribution in [0.25, 0.3) is 10.9 Å². The van der Waals surface area contributed by atoms with Crippen LogP contribution < -0.4 is 19.1 Å². The van der Waals surface area contributed by atoms with E-state index in [0.717, 1.165) is 4.31 Å². The van der Waals surface area contributed by atoms with Crippen LogP contribution in [0.2, 0.25) is 0 Å². The summed E-state index contributed by atoms with van der Waals surface area (Å²) in [5, 5.41) is 2.97. The minimum Gasteiger partial charge on any atom is -0.493 e. The molecule has 0 saturated carbocycles. The van der Waals surface area contributed by atoms with E-state index in [1.54, 1.807) is 32.9 Å². The molecule has 228 valence electrons. The second-order valence-corrected chi connectivity index (χ2v) is 12.3. The van der Waals surface area contributed by atoms with Crippen LogP contribution in [0.5, 0.6) is 11.5 Å². The Balaban J connectivity index is 1.66. The van der Waals surface area contributed by atoms with Crippen LogP contribution >= 0.6 is 0 Å². The van der Waals surface area contributed by atoms with Crippen molar-refractivity contribution in [3.8, 4) is 11.5 Å². The quantitative estimate of drug-likeness (QED) is 0.235. The number of hydrogen-bond donors (Lipinski definition) is 1. The zero-order chi connectivity index (χ0) is 31.1. The lowest BCUT2D eigenvalue weighted by Crippen LogP contribution is -2.32.